The van der Waals surface area contributed by atoms with Gasteiger partial charge in [0, 0.05) is 31.2 Å². The van der Waals surface area contributed by atoms with Crippen LogP contribution in [0.15, 0.2) is 12.4 Å². The standard InChI is InChI=1S/C14H22F2N4O2/c1-14(2,3)22-13(21)19-5-4-11(17)10(8-19)9-6-18-20(7-9)12(15)16/h6-7,10-12H,4-5,8,17H2,1-3H3/t10-,11+/m1/s1. The zero-order valence-electron chi connectivity index (χ0n) is 13.0. The summed E-state index contributed by atoms with van der Waals surface area (Å²) in [7, 11) is 0. The van der Waals surface area contributed by atoms with Crippen molar-refractivity contribution in [1.29, 1.82) is 0 Å². The van der Waals surface area contributed by atoms with Gasteiger partial charge in [0.25, 0.3) is 0 Å². The zero-order chi connectivity index (χ0) is 16.5. The molecule has 2 atom stereocenters. The SMILES string of the molecule is CC(C)(C)OC(=O)N1CC[C@H](N)[C@@H](c2cnn(C(F)F)c2)C1. The second kappa shape index (κ2) is 6.20. The first-order chi connectivity index (χ1) is 10.2. The van der Waals surface area contributed by atoms with Crippen molar-refractivity contribution >= 4 is 6.09 Å². The fraction of sp³-hybridized carbons (Fsp3) is 0.714. The van der Waals surface area contributed by atoms with Crippen molar-refractivity contribution in [2.24, 2.45) is 5.73 Å². The molecule has 8 heteroatoms. The highest BCUT2D eigenvalue weighted by molar-refractivity contribution is 5.68. The quantitative estimate of drug-likeness (QED) is 0.909. The Hall–Kier alpha value is -1.70. The highest BCUT2D eigenvalue weighted by atomic mass is 19.3. The molecule has 124 valence electrons. The smallest absolute Gasteiger partial charge is 0.410 e. The van der Waals surface area contributed by atoms with Crippen LogP contribution in [0.25, 0.3) is 0 Å². The molecule has 2 N–H and O–H groups in total. The maximum Gasteiger partial charge on any atom is 0.410 e. The molecule has 1 aliphatic heterocycles. The third-order valence-corrected chi connectivity index (χ3v) is 3.57. The van der Waals surface area contributed by atoms with Crippen LogP contribution in [-0.4, -0.2) is 45.5 Å². The number of rotatable bonds is 2. The van der Waals surface area contributed by atoms with Crippen molar-refractivity contribution in [2.75, 3.05) is 13.1 Å². The van der Waals surface area contributed by atoms with E-state index < -0.39 is 18.2 Å². The van der Waals surface area contributed by atoms with E-state index in [1.807, 2.05) is 0 Å². The summed E-state index contributed by atoms with van der Waals surface area (Å²) in [4.78, 5) is 13.7. The van der Waals surface area contributed by atoms with Crippen LogP contribution in [0.2, 0.25) is 0 Å². The zero-order valence-corrected chi connectivity index (χ0v) is 13.0. The molecule has 1 saturated heterocycles. The number of hydrogen-bond donors (Lipinski definition) is 1. The molecule has 1 aromatic heterocycles. The number of carbonyl (C=O) groups is 1. The number of halogens is 2. The van der Waals surface area contributed by atoms with Crippen LogP contribution in [0.3, 0.4) is 0 Å². The number of hydrogen-bond acceptors (Lipinski definition) is 4. The normalized spacial score (nSPS) is 23.0. The third kappa shape index (κ3) is 3.94. The van der Waals surface area contributed by atoms with Gasteiger partial charge in [-0.3, -0.25) is 0 Å². The van der Waals surface area contributed by atoms with Gasteiger partial charge in [-0.2, -0.15) is 13.9 Å². The van der Waals surface area contributed by atoms with Gasteiger partial charge in [0.2, 0.25) is 0 Å². The fourth-order valence-corrected chi connectivity index (χ4v) is 2.47. The van der Waals surface area contributed by atoms with Crippen LogP contribution in [0.4, 0.5) is 13.6 Å². The minimum absolute atomic E-state index is 0.200. The van der Waals surface area contributed by atoms with E-state index in [9.17, 15) is 13.6 Å². The highest BCUT2D eigenvalue weighted by Gasteiger charge is 2.33. The van der Waals surface area contributed by atoms with E-state index in [0.717, 1.165) is 0 Å². The van der Waals surface area contributed by atoms with Gasteiger partial charge in [0.15, 0.2) is 0 Å². The first-order valence-electron chi connectivity index (χ1n) is 7.23. The monoisotopic (exact) mass is 316 g/mol. The first kappa shape index (κ1) is 16.7. The minimum Gasteiger partial charge on any atom is -0.444 e. The molecule has 1 amide bonds. The molecule has 0 radical (unpaired) electrons. The molecule has 1 aromatic rings. The summed E-state index contributed by atoms with van der Waals surface area (Å²) in [6.07, 6.45) is 2.85. The molecule has 0 saturated carbocycles. The van der Waals surface area contributed by atoms with E-state index >= 15 is 0 Å². The summed E-state index contributed by atoms with van der Waals surface area (Å²) in [6.45, 7) is 3.54. The molecule has 0 aliphatic carbocycles. The Labute approximate surface area is 128 Å². The van der Waals surface area contributed by atoms with Crippen LogP contribution in [0.5, 0.6) is 0 Å². The van der Waals surface area contributed by atoms with Crippen molar-refractivity contribution in [2.45, 2.75) is 51.3 Å². The van der Waals surface area contributed by atoms with Gasteiger partial charge in [-0.15, -0.1) is 0 Å². The van der Waals surface area contributed by atoms with Gasteiger partial charge in [-0.05, 0) is 32.8 Å². The molecule has 1 fully saturated rings. The third-order valence-electron chi connectivity index (χ3n) is 3.57. The lowest BCUT2D eigenvalue weighted by atomic mass is 9.88. The second-order valence-electron chi connectivity index (χ2n) is 6.52. The lowest BCUT2D eigenvalue weighted by molar-refractivity contribution is 0.0185. The predicted molar refractivity (Wildman–Crippen MR) is 76.6 cm³/mol. The minimum atomic E-state index is -2.68. The number of nitrogens with two attached hydrogens (primary N) is 1. The van der Waals surface area contributed by atoms with E-state index in [1.54, 1.807) is 25.7 Å². The Morgan fingerprint density at radius 1 is 1.50 bits per heavy atom. The van der Waals surface area contributed by atoms with Gasteiger partial charge in [-0.1, -0.05) is 0 Å². The fourth-order valence-electron chi connectivity index (χ4n) is 2.47. The Kier molecular flexibility index (Phi) is 4.69. The number of carbonyl (C=O) groups excluding carboxylic acids is 1. The average molecular weight is 316 g/mol. The summed E-state index contributed by atoms with van der Waals surface area (Å²) in [5.74, 6) is -0.228. The van der Waals surface area contributed by atoms with Crippen molar-refractivity contribution in [3.8, 4) is 0 Å². The molecule has 0 unspecified atom stereocenters. The van der Waals surface area contributed by atoms with E-state index in [-0.39, 0.29) is 12.0 Å². The van der Waals surface area contributed by atoms with E-state index in [0.29, 0.717) is 29.8 Å². The molecule has 6 nitrogen and oxygen atoms in total. The number of ether oxygens (including phenoxy) is 1. The number of aromatic nitrogens is 2. The topological polar surface area (TPSA) is 73.4 Å². The summed E-state index contributed by atoms with van der Waals surface area (Å²) in [5, 5.41) is 3.63. The average Bonchev–Trinajstić information content (AvgIpc) is 2.86. The van der Waals surface area contributed by atoms with E-state index in [4.69, 9.17) is 10.5 Å². The van der Waals surface area contributed by atoms with Crippen LogP contribution < -0.4 is 5.73 Å². The van der Waals surface area contributed by atoms with Crippen LogP contribution in [0.1, 0.15) is 45.2 Å². The number of alkyl halides is 2. The van der Waals surface area contributed by atoms with Crippen molar-refractivity contribution < 1.29 is 18.3 Å². The number of likely N-dealkylation sites (tertiary alicyclic amines) is 1. The molecule has 1 aliphatic rings. The van der Waals surface area contributed by atoms with E-state index in [2.05, 4.69) is 5.10 Å². The summed E-state index contributed by atoms with van der Waals surface area (Å²) >= 11 is 0. The predicted octanol–water partition coefficient (Wildman–Crippen LogP) is 2.33. The first-order valence-corrected chi connectivity index (χ1v) is 7.23. The molecular formula is C14H22F2N4O2. The molecule has 2 heterocycles. The maximum absolute atomic E-state index is 12.6. The molecule has 0 bridgehead atoms. The number of amides is 1. The molecule has 2 rings (SSSR count). The Balaban J connectivity index is 2.09. The highest BCUT2D eigenvalue weighted by Crippen LogP contribution is 2.27. The Bertz CT molecular complexity index is 527. The van der Waals surface area contributed by atoms with Crippen LogP contribution in [0, 0.1) is 0 Å². The van der Waals surface area contributed by atoms with Crippen molar-refractivity contribution in [3.63, 3.8) is 0 Å². The molecule has 0 aromatic carbocycles. The van der Waals surface area contributed by atoms with Crippen LogP contribution >= 0.6 is 0 Å². The second-order valence-corrected chi connectivity index (χ2v) is 6.52. The van der Waals surface area contributed by atoms with Gasteiger partial charge in [-0.25, -0.2) is 9.48 Å². The molecular weight excluding hydrogens is 294 g/mol. The van der Waals surface area contributed by atoms with Gasteiger partial charge >= 0.3 is 12.6 Å². The summed E-state index contributed by atoms with van der Waals surface area (Å²) in [6, 6.07) is -0.200. The lowest BCUT2D eigenvalue weighted by Gasteiger charge is -2.37. The van der Waals surface area contributed by atoms with Gasteiger partial charge < -0.3 is 15.4 Å². The summed E-state index contributed by atoms with van der Waals surface area (Å²) < 4.78 is 31.2. The Morgan fingerprint density at radius 2 is 2.18 bits per heavy atom. The van der Waals surface area contributed by atoms with Crippen LogP contribution in [-0.2, 0) is 4.74 Å². The maximum atomic E-state index is 12.6. The van der Waals surface area contributed by atoms with E-state index in [1.165, 1.54) is 12.4 Å². The molecule has 0 spiro atoms. The van der Waals surface area contributed by atoms with Gasteiger partial charge in [0.05, 0.1) is 6.20 Å². The molecule has 22 heavy (non-hydrogen) atoms. The largest absolute Gasteiger partial charge is 0.444 e. The van der Waals surface area contributed by atoms with Crippen molar-refractivity contribution in [3.05, 3.63) is 18.0 Å². The Morgan fingerprint density at radius 3 is 2.73 bits per heavy atom. The lowest BCUT2D eigenvalue weighted by Crippen LogP contribution is -2.49. The number of nitrogens with zero attached hydrogens (tertiary/aromatic N) is 3. The summed E-state index contributed by atoms with van der Waals surface area (Å²) in [5.41, 5.74) is 6.12. The van der Waals surface area contributed by atoms with Crippen molar-refractivity contribution in [1.82, 2.24) is 14.7 Å². The van der Waals surface area contributed by atoms with Gasteiger partial charge in [0.1, 0.15) is 5.60 Å². The number of piperidine rings is 1.